The van der Waals surface area contributed by atoms with E-state index in [1.54, 1.807) is 30.3 Å². The minimum Gasteiger partial charge on any atom is -0.296 e. The summed E-state index contributed by atoms with van der Waals surface area (Å²) in [6.45, 7) is 0.283. The number of carbonyl (C=O) groups excluding carboxylic acids is 1. The highest BCUT2D eigenvalue weighted by atomic mass is 16.2. The number of ketones is 1. The molecule has 0 aliphatic heterocycles. The maximum absolute atomic E-state index is 12.4. The predicted octanol–water partition coefficient (Wildman–Crippen LogP) is 1.82. The van der Waals surface area contributed by atoms with E-state index in [0.29, 0.717) is 11.1 Å². The predicted molar refractivity (Wildman–Crippen MR) is 86.7 cm³/mol. The third-order valence-electron chi connectivity index (χ3n) is 3.47. The fraction of sp³-hybridized carbons (Fsp3) is 0.0556. The largest absolute Gasteiger partial charge is 0.328 e. The molecular formula is C18H14N2O3. The van der Waals surface area contributed by atoms with Crippen molar-refractivity contribution in [1.82, 2.24) is 9.55 Å². The zero-order chi connectivity index (χ0) is 16.2. The molecule has 0 spiro atoms. The van der Waals surface area contributed by atoms with Crippen LogP contribution in [0.25, 0.3) is 0 Å². The quantitative estimate of drug-likeness (QED) is 0.747. The molecule has 5 nitrogen and oxygen atoms in total. The summed E-state index contributed by atoms with van der Waals surface area (Å²) in [5.74, 6) is -0.0683. The van der Waals surface area contributed by atoms with Gasteiger partial charge in [0.25, 0.3) is 5.56 Å². The van der Waals surface area contributed by atoms with E-state index in [-0.39, 0.29) is 12.3 Å². The van der Waals surface area contributed by atoms with Crippen molar-refractivity contribution in [1.29, 1.82) is 0 Å². The van der Waals surface area contributed by atoms with E-state index in [9.17, 15) is 14.4 Å². The van der Waals surface area contributed by atoms with Crippen LogP contribution in [-0.2, 0) is 6.54 Å². The minimum atomic E-state index is -0.475. The molecule has 0 radical (unpaired) electrons. The lowest BCUT2D eigenvalue weighted by atomic mass is 10.0. The Morgan fingerprint density at radius 2 is 1.65 bits per heavy atom. The number of aromatic amines is 1. The number of H-pyrrole nitrogens is 1. The molecule has 23 heavy (non-hydrogen) atoms. The molecule has 0 saturated carbocycles. The standard InChI is InChI=1S/C18H14N2O3/c21-16-9-10-20(18(23)19-16)12-13-5-4-8-15(11-13)17(22)14-6-2-1-3-7-14/h1-11H,12H2,(H,19,21,23). The third-order valence-corrected chi connectivity index (χ3v) is 3.47. The molecule has 0 unspecified atom stereocenters. The molecule has 1 N–H and O–H groups in total. The minimum absolute atomic E-state index is 0.0683. The number of aromatic nitrogens is 2. The molecule has 3 aromatic rings. The van der Waals surface area contributed by atoms with Gasteiger partial charge in [-0.1, -0.05) is 48.5 Å². The summed E-state index contributed by atoms with van der Waals surface area (Å²) in [6.07, 6.45) is 1.44. The number of rotatable bonds is 4. The summed E-state index contributed by atoms with van der Waals surface area (Å²) in [6, 6.07) is 17.4. The van der Waals surface area contributed by atoms with Crippen molar-refractivity contribution in [2.75, 3.05) is 0 Å². The molecule has 3 rings (SSSR count). The molecule has 5 heteroatoms. The van der Waals surface area contributed by atoms with Crippen LogP contribution in [0.1, 0.15) is 21.5 Å². The van der Waals surface area contributed by atoms with E-state index < -0.39 is 11.2 Å². The number of hydrogen-bond acceptors (Lipinski definition) is 3. The second-order valence-electron chi connectivity index (χ2n) is 5.13. The van der Waals surface area contributed by atoms with Crippen LogP contribution in [0, 0.1) is 0 Å². The highest BCUT2D eigenvalue weighted by Crippen LogP contribution is 2.12. The van der Waals surface area contributed by atoms with Crippen molar-refractivity contribution in [3.8, 4) is 0 Å². The molecule has 0 aliphatic rings. The molecule has 0 aliphatic carbocycles. The van der Waals surface area contributed by atoms with E-state index in [1.807, 2.05) is 24.3 Å². The number of hydrogen-bond donors (Lipinski definition) is 1. The van der Waals surface area contributed by atoms with E-state index in [4.69, 9.17) is 0 Å². The van der Waals surface area contributed by atoms with Gasteiger partial charge in [0.2, 0.25) is 0 Å². The Morgan fingerprint density at radius 1 is 0.913 bits per heavy atom. The molecule has 0 fully saturated rings. The topological polar surface area (TPSA) is 71.9 Å². The fourth-order valence-electron chi connectivity index (χ4n) is 2.33. The van der Waals surface area contributed by atoms with Crippen molar-refractivity contribution < 1.29 is 4.79 Å². The first-order valence-corrected chi connectivity index (χ1v) is 7.12. The average molecular weight is 306 g/mol. The zero-order valence-corrected chi connectivity index (χ0v) is 12.2. The molecule has 0 bridgehead atoms. The van der Waals surface area contributed by atoms with Gasteiger partial charge in [0.15, 0.2) is 5.78 Å². The first-order valence-electron chi connectivity index (χ1n) is 7.12. The number of nitrogens with one attached hydrogen (secondary N) is 1. The molecule has 0 amide bonds. The van der Waals surface area contributed by atoms with Gasteiger partial charge in [-0.2, -0.15) is 0 Å². The molecule has 1 heterocycles. The summed E-state index contributed by atoms with van der Waals surface area (Å²) in [5, 5.41) is 0. The van der Waals surface area contributed by atoms with Gasteiger partial charge in [0.05, 0.1) is 6.54 Å². The molecular weight excluding hydrogens is 292 g/mol. The van der Waals surface area contributed by atoms with Crippen molar-refractivity contribution in [3.63, 3.8) is 0 Å². The SMILES string of the molecule is O=C(c1ccccc1)c1cccc(Cn2ccc(=O)[nH]c2=O)c1. The van der Waals surface area contributed by atoms with Crippen molar-refractivity contribution in [2.24, 2.45) is 0 Å². The van der Waals surface area contributed by atoms with E-state index in [2.05, 4.69) is 4.98 Å². The van der Waals surface area contributed by atoms with Gasteiger partial charge in [-0.05, 0) is 11.6 Å². The molecule has 0 atom stereocenters. The lowest BCUT2D eigenvalue weighted by Crippen LogP contribution is -2.28. The van der Waals surface area contributed by atoms with Crippen molar-refractivity contribution >= 4 is 5.78 Å². The van der Waals surface area contributed by atoms with Crippen LogP contribution < -0.4 is 11.2 Å². The monoisotopic (exact) mass is 306 g/mol. The fourth-order valence-corrected chi connectivity index (χ4v) is 2.33. The summed E-state index contributed by atoms with van der Waals surface area (Å²) >= 11 is 0. The van der Waals surface area contributed by atoms with Gasteiger partial charge in [0.1, 0.15) is 0 Å². The van der Waals surface area contributed by atoms with Gasteiger partial charge < -0.3 is 0 Å². The second-order valence-corrected chi connectivity index (χ2v) is 5.13. The highest BCUT2D eigenvalue weighted by molar-refractivity contribution is 6.09. The molecule has 2 aromatic carbocycles. The number of benzene rings is 2. The van der Waals surface area contributed by atoms with Crippen LogP contribution in [0.3, 0.4) is 0 Å². The van der Waals surface area contributed by atoms with Gasteiger partial charge in [-0.15, -0.1) is 0 Å². The number of nitrogens with zero attached hydrogens (tertiary/aromatic N) is 1. The summed E-state index contributed by atoms with van der Waals surface area (Å²) < 4.78 is 1.38. The van der Waals surface area contributed by atoms with Gasteiger partial charge in [-0.3, -0.25) is 19.1 Å². The van der Waals surface area contributed by atoms with Crippen LogP contribution in [0.5, 0.6) is 0 Å². The summed E-state index contributed by atoms with van der Waals surface area (Å²) in [5.41, 5.74) is 1.08. The normalized spacial score (nSPS) is 10.4. The Hall–Kier alpha value is -3.21. The van der Waals surface area contributed by atoms with Crippen LogP contribution in [-0.4, -0.2) is 15.3 Å². The molecule has 1 aromatic heterocycles. The molecule has 0 saturated heterocycles. The highest BCUT2D eigenvalue weighted by Gasteiger charge is 2.09. The second kappa shape index (κ2) is 6.27. The van der Waals surface area contributed by atoms with E-state index >= 15 is 0 Å². The van der Waals surface area contributed by atoms with Gasteiger partial charge >= 0.3 is 5.69 Å². The Bertz CT molecular complexity index is 956. The Labute approximate surface area is 131 Å². The Balaban J connectivity index is 1.90. The zero-order valence-electron chi connectivity index (χ0n) is 12.2. The molecule has 114 valence electrons. The maximum atomic E-state index is 12.4. The van der Waals surface area contributed by atoms with Gasteiger partial charge in [-0.25, -0.2) is 4.79 Å². The van der Waals surface area contributed by atoms with Crippen LogP contribution in [0.2, 0.25) is 0 Å². The lowest BCUT2D eigenvalue weighted by molar-refractivity contribution is 0.103. The average Bonchev–Trinajstić information content (AvgIpc) is 2.58. The van der Waals surface area contributed by atoms with E-state index in [0.717, 1.165) is 5.56 Å². The van der Waals surface area contributed by atoms with Crippen LogP contribution in [0.4, 0.5) is 0 Å². The first-order chi connectivity index (χ1) is 11.1. The van der Waals surface area contributed by atoms with Crippen molar-refractivity contribution in [3.05, 3.63) is 104 Å². The third kappa shape index (κ3) is 3.35. The lowest BCUT2D eigenvalue weighted by Gasteiger charge is -2.07. The Morgan fingerprint density at radius 3 is 2.39 bits per heavy atom. The smallest absolute Gasteiger partial charge is 0.296 e. The summed E-state index contributed by atoms with van der Waals surface area (Å²) in [7, 11) is 0. The van der Waals surface area contributed by atoms with Crippen LogP contribution >= 0.6 is 0 Å². The maximum Gasteiger partial charge on any atom is 0.328 e. The van der Waals surface area contributed by atoms with E-state index in [1.165, 1.54) is 16.8 Å². The van der Waals surface area contributed by atoms with Crippen LogP contribution in [0.15, 0.2) is 76.4 Å². The van der Waals surface area contributed by atoms with Crippen molar-refractivity contribution in [2.45, 2.75) is 6.54 Å². The number of carbonyl (C=O) groups is 1. The van der Waals surface area contributed by atoms with Gasteiger partial charge in [0, 0.05) is 23.4 Å². The summed E-state index contributed by atoms with van der Waals surface area (Å²) in [4.78, 5) is 37.5. The Kier molecular flexibility index (Phi) is 4.01. The first kappa shape index (κ1) is 14.7.